The Morgan fingerprint density at radius 2 is 1.35 bits per heavy atom. The number of rotatable bonds is 1. The Kier molecular flexibility index (Phi) is 3.63. The summed E-state index contributed by atoms with van der Waals surface area (Å²) in [6.07, 6.45) is 0. The third-order valence-corrected chi connectivity index (χ3v) is 4.75. The van der Waals surface area contributed by atoms with E-state index in [9.17, 15) is 4.79 Å². The highest BCUT2D eigenvalue weighted by atomic mass is 16.3. The summed E-state index contributed by atoms with van der Waals surface area (Å²) >= 11 is 0. The lowest BCUT2D eigenvalue weighted by Gasteiger charge is -2.12. The molecule has 118 valence electrons. The third-order valence-electron chi connectivity index (χ3n) is 4.75. The maximum Gasteiger partial charge on any atom is 0.196 e. The first kappa shape index (κ1) is 15.5. The Bertz CT molecular complexity index is 968. The predicted molar refractivity (Wildman–Crippen MR) is 96.3 cm³/mol. The molecule has 0 unspecified atom stereocenters. The summed E-state index contributed by atoms with van der Waals surface area (Å²) in [4.78, 5) is 12.8. The SMILES string of the molecule is Cc1cc(C)c2c(=O)c(C)c(-c3cc(C)c(C)c(C)c3)oc2c1. The van der Waals surface area contributed by atoms with Crippen LogP contribution in [0.25, 0.3) is 22.3 Å². The maximum absolute atomic E-state index is 12.8. The molecule has 0 N–H and O–H groups in total. The zero-order chi connectivity index (χ0) is 16.9. The molecule has 3 aromatic rings. The van der Waals surface area contributed by atoms with Crippen LogP contribution in [0.1, 0.15) is 33.4 Å². The van der Waals surface area contributed by atoms with Crippen molar-refractivity contribution in [1.29, 1.82) is 0 Å². The van der Waals surface area contributed by atoms with Crippen LogP contribution < -0.4 is 5.43 Å². The van der Waals surface area contributed by atoms with E-state index in [1.54, 1.807) is 0 Å². The summed E-state index contributed by atoms with van der Waals surface area (Å²) in [6.45, 7) is 12.1. The molecule has 3 rings (SSSR count). The normalized spacial score (nSPS) is 11.2. The zero-order valence-corrected chi connectivity index (χ0v) is 14.6. The van der Waals surface area contributed by atoms with E-state index in [-0.39, 0.29) is 5.43 Å². The molecule has 0 radical (unpaired) electrons. The standard InChI is InChI=1S/C21H22O2/c1-11-7-14(4)19-18(8-11)23-21(16(6)20(19)22)17-9-12(2)15(5)13(3)10-17/h7-10H,1-6H3. The summed E-state index contributed by atoms with van der Waals surface area (Å²) in [7, 11) is 0. The van der Waals surface area contributed by atoms with Crippen LogP contribution in [0.4, 0.5) is 0 Å². The van der Waals surface area contributed by atoms with Gasteiger partial charge in [0.1, 0.15) is 11.3 Å². The van der Waals surface area contributed by atoms with E-state index in [1.807, 2.05) is 32.9 Å². The first-order chi connectivity index (χ1) is 10.8. The minimum atomic E-state index is 0.0645. The van der Waals surface area contributed by atoms with Gasteiger partial charge in [0.05, 0.1) is 5.39 Å². The van der Waals surface area contributed by atoms with Gasteiger partial charge < -0.3 is 4.42 Å². The summed E-state index contributed by atoms with van der Waals surface area (Å²) in [5.41, 5.74) is 8.15. The molecule has 0 saturated carbocycles. The van der Waals surface area contributed by atoms with Gasteiger partial charge in [-0.3, -0.25) is 4.79 Å². The van der Waals surface area contributed by atoms with Gasteiger partial charge in [0.2, 0.25) is 0 Å². The van der Waals surface area contributed by atoms with Crippen molar-refractivity contribution in [3.05, 3.63) is 67.9 Å². The molecule has 0 aliphatic heterocycles. The van der Waals surface area contributed by atoms with Gasteiger partial charge in [0.25, 0.3) is 0 Å². The molecule has 2 heteroatoms. The van der Waals surface area contributed by atoms with Crippen LogP contribution in [0.15, 0.2) is 33.5 Å². The molecule has 0 atom stereocenters. The van der Waals surface area contributed by atoms with Crippen LogP contribution in [0, 0.1) is 41.5 Å². The number of fused-ring (bicyclic) bond motifs is 1. The minimum absolute atomic E-state index is 0.0645. The topological polar surface area (TPSA) is 30.2 Å². The highest BCUT2D eigenvalue weighted by Crippen LogP contribution is 2.30. The fraction of sp³-hybridized carbons (Fsp3) is 0.286. The number of benzene rings is 2. The van der Waals surface area contributed by atoms with E-state index >= 15 is 0 Å². The molecule has 2 nitrogen and oxygen atoms in total. The maximum atomic E-state index is 12.8. The second-order valence-corrected chi connectivity index (χ2v) is 6.58. The van der Waals surface area contributed by atoms with Crippen LogP contribution >= 0.6 is 0 Å². The van der Waals surface area contributed by atoms with Crippen LogP contribution in [-0.2, 0) is 0 Å². The average Bonchev–Trinajstić information content (AvgIpc) is 2.47. The average molecular weight is 306 g/mol. The van der Waals surface area contributed by atoms with Crippen molar-refractivity contribution in [2.75, 3.05) is 0 Å². The first-order valence-corrected chi connectivity index (χ1v) is 7.92. The van der Waals surface area contributed by atoms with Crippen LogP contribution in [-0.4, -0.2) is 0 Å². The molecule has 1 heterocycles. The van der Waals surface area contributed by atoms with Crippen LogP contribution in [0.3, 0.4) is 0 Å². The van der Waals surface area contributed by atoms with E-state index in [0.717, 1.165) is 16.7 Å². The molecule has 2 aromatic carbocycles. The quantitative estimate of drug-likeness (QED) is 0.610. The molecule has 0 bridgehead atoms. The first-order valence-electron chi connectivity index (χ1n) is 7.92. The number of hydrogen-bond donors (Lipinski definition) is 0. The van der Waals surface area contributed by atoms with Crippen LogP contribution in [0.2, 0.25) is 0 Å². The van der Waals surface area contributed by atoms with E-state index in [1.165, 1.54) is 16.7 Å². The van der Waals surface area contributed by atoms with Crippen molar-refractivity contribution in [3.8, 4) is 11.3 Å². The Hall–Kier alpha value is -2.35. The van der Waals surface area contributed by atoms with Gasteiger partial charge in [-0.2, -0.15) is 0 Å². The third kappa shape index (κ3) is 2.48. The molecule has 0 fully saturated rings. The Morgan fingerprint density at radius 1 is 0.739 bits per heavy atom. The zero-order valence-electron chi connectivity index (χ0n) is 14.6. The van der Waals surface area contributed by atoms with Crippen molar-refractivity contribution in [2.45, 2.75) is 41.5 Å². The molecular formula is C21H22O2. The summed E-state index contributed by atoms with van der Waals surface area (Å²) < 4.78 is 6.17. The summed E-state index contributed by atoms with van der Waals surface area (Å²) in [6, 6.07) is 8.17. The Balaban J connectivity index is 2.40. The Labute approximate surface area is 136 Å². The van der Waals surface area contributed by atoms with Crippen molar-refractivity contribution in [1.82, 2.24) is 0 Å². The van der Waals surface area contributed by atoms with E-state index in [0.29, 0.717) is 22.3 Å². The number of hydrogen-bond acceptors (Lipinski definition) is 2. The molecule has 0 amide bonds. The lowest BCUT2D eigenvalue weighted by Crippen LogP contribution is -2.09. The van der Waals surface area contributed by atoms with Crippen molar-refractivity contribution < 1.29 is 4.42 Å². The molecule has 0 aliphatic carbocycles. The second kappa shape index (κ2) is 5.38. The van der Waals surface area contributed by atoms with Gasteiger partial charge >= 0.3 is 0 Å². The van der Waals surface area contributed by atoms with Crippen molar-refractivity contribution >= 4 is 11.0 Å². The van der Waals surface area contributed by atoms with Crippen molar-refractivity contribution in [2.24, 2.45) is 0 Å². The van der Waals surface area contributed by atoms with Gasteiger partial charge in [-0.25, -0.2) is 0 Å². The van der Waals surface area contributed by atoms with E-state index in [4.69, 9.17) is 4.42 Å². The van der Waals surface area contributed by atoms with Gasteiger partial charge in [-0.05, 0) is 87.6 Å². The lowest BCUT2D eigenvalue weighted by atomic mass is 9.96. The van der Waals surface area contributed by atoms with Crippen LogP contribution in [0.5, 0.6) is 0 Å². The van der Waals surface area contributed by atoms with E-state index in [2.05, 4.69) is 32.9 Å². The van der Waals surface area contributed by atoms with Gasteiger partial charge in [-0.15, -0.1) is 0 Å². The highest BCUT2D eigenvalue weighted by Gasteiger charge is 2.15. The smallest absolute Gasteiger partial charge is 0.196 e. The molecule has 0 spiro atoms. The van der Waals surface area contributed by atoms with Gasteiger partial charge in [0.15, 0.2) is 5.43 Å². The van der Waals surface area contributed by atoms with Gasteiger partial charge in [-0.1, -0.05) is 6.07 Å². The fourth-order valence-corrected chi connectivity index (χ4v) is 3.22. The second-order valence-electron chi connectivity index (χ2n) is 6.58. The molecule has 0 saturated heterocycles. The summed E-state index contributed by atoms with van der Waals surface area (Å²) in [5.74, 6) is 0.679. The highest BCUT2D eigenvalue weighted by molar-refractivity contribution is 5.84. The molecule has 23 heavy (non-hydrogen) atoms. The number of aryl methyl sites for hydroxylation is 4. The lowest BCUT2D eigenvalue weighted by molar-refractivity contribution is 0.613. The fourth-order valence-electron chi connectivity index (χ4n) is 3.22. The molecular weight excluding hydrogens is 284 g/mol. The summed E-state index contributed by atoms with van der Waals surface area (Å²) in [5, 5.41) is 0.692. The molecule has 1 aromatic heterocycles. The van der Waals surface area contributed by atoms with E-state index < -0.39 is 0 Å². The van der Waals surface area contributed by atoms with Gasteiger partial charge in [0, 0.05) is 11.1 Å². The molecule has 0 aliphatic rings. The minimum Gasteiger partial charge on any atom is -0.456 e. The largest absolute Gasteiger partial charge is 0.456 e. The predicted octanol–water partition coefficient (Wildman–Crippen LogP) is 5.31. The monoisotopic (exact) mass is 306 g/mol. The van der Waals surface area contributed by atoms with Crippen molar-refractivity contribution in [3.63, 3.8) is 0 Å². The Morgan fingerprint density at radius 3 is 1.96 bits per heavy atom.